The summed E-state index contributed by atoms with van der Waals surface area (Å²) < 4.78 is 86.8. The largest absolute Gasteiger partial charge is 0.496 e. The Morgan fingerprint density at radius 1 is 0.571 bits per heavy atom. The normalized spacial score (nSPS) is 27.0. The van der Waals surface area contributed by atoms with Crippen molar-refractivity contribution in [2.75, 3.05) is 40.9 Å². The molecule has 3 aliphatic rings. The summed E-state index contributed by atoms with van der Waals surface area (Å²) in [4.78, 5) is 35.8. The van der Waals surface area contributed by atoms with Gasteiger partial charge in [-0.1, -0.05) is 36.4 Å². The van der Waals surface area contributed by atoms with Crippen molar-refractivity contribution in [3.05, 3.63) is 58.7 Å². The van der Waals surface area contributed by atoms with E-state index in [1.54, 1.807) is 9.80 Å². The number of rotatable bonds is 2. The number of methoxy groups -OCH3 is 2. The molecular weight excluding hydrogens is 532 g/mol. The van der Waals surface area contributed by atoms with Crippen LogP contribution >= 0.6 is 0 Å². The molecule has 3 aliphatic heterocycles. The minimum absolute atomic E-state index is 0.220. The highest BCUT2D eigenvalue weighted by molar-refractivity contribution is 5.76. The Hall–Kier alpha value is -3.50. The van der Waals surface area contributed by atoms with Crippen LogP contribution in [0.2, 0.25) is 0 Å². The molecular formula is C32H46N6O4. The third kappa shape index (κ3) is 5.87. The topological polar surface area (TPSA) is 72.0 Å². The van der Waals surface area contributed by atoms with Crippen molar-refractivity contribution >= 4 is 12.1 Å². The van der Waals surface area contributed by atoms with Crippen LogP contribution in [0.1, 0.15) is 74.8 Å². The predicted octanol–water partition coefficient (Wildman–Crippen LogP) is 4.92. The lowest BCUT2D eigenvalue weighted by molar-refractivity contribution is -0.0217. The van der Waals surface area contributed by atoms with Crippen LogP contribution in [0, 0.1) is 0 Å². The predicted molar refractivity (Wildman–Crippen MR) is 162 cm³/mol. The van der Waals surface area contributed by atoms with E-state index in [9.17, 15) is 20.6 Å². The van der Waals surface area contributed by atoms with Gasteiger partial charge < -0.3 is 29.1 Å². The van der Waals surface area contributed by atoms with Gasteiger partial charge >= 0.3 is 12.1 Å². The van der Waals surface area contributed by atoms with E-state index in [4.69, 9.17) is 9.47 Å². The van der Waals surface area contributed by atoms with Crippen LogP contribution in [0.3, 0.4) is 0 Å². The number of benzene rings is 2. The molecule has 3 heterocycles. The van der Waals surface area contributed by atoms with Crippen molar-refractivity contribution < 1.29 is 30.0 Å². The van der Waals surface area contributed by atoms with Gasteiger partial charge in [-0.3, -0.25) is 9.80 Å². The number of carbonyl (C=O) groups is 2. The number of carbonyl (C=O) groups excluding carboxylic acids is 2. The van der Waals surface area contributed by atoms with Gasteiger partial charge in [0.15, 0.2) is 0 Å². The van der Waals surface area contributed by atoms with Crippen LogP contribution in [0.25, 0.3) is 0 Å². The number of hydrogen-bond acceptors (Lipinski definition) is 6. The number of hydrogen-bond donors (Lipinski definition) is 0. The molecule has 2 aromatic rings. The monoisotopic (exact) mass is 586 g/mol. The molecule has 0 aliphatic carbocycles. The number of para-hydroxylation sites is 2. The van der Waals surface area contributed by atoms with Gasteiger partial charge in [-0.15, -0.1) is 0 Å². The third-order valence-corrected chi connectivity index (χ3v) is 7.53. The van der Waals surface area contributed by atoms with Gasteiger partial charge in [0, 0.05) is 33.3 Å². The maximum Gasteiger partial charge on any atom is 0.322 e. The Kier molecular flexibility index (Phi) is 5.71. The minimum Gasteiger partial charge on any atom is -0.496 e. The van der Waals surface area contributed by atoms with Crippen molar-refractivity contribution in [2.24, 2.45) is 0 Å². The summed E-state index contributed by atoms with van der Waals surface area (Å²) in [5, 5.41) is 0. The second-order valence-electron chi connectivity index (χ2n) is 12.5. The first-order chi connectivity index (χ1) is 22.8. The first-order valence-electron chi connectivity index (χ1n) is 17.9. The molecule has 0 atom stereocenters. The summed E-state index contributed by atoms with van der Waals surface area (Å²) in [7, 11) is 2.47. The Balaban J connectivity index is 1.90. The van der Waals surface area contributed by atoms with E-state index in [1.165, 1.54) is 50.6 Å². The molecule has 0 aromatic heterocycles. The maximum absolute atomic E-state index is 14.4. The fraction of sp³-hybridized carbons (Fsp3) is 0.562. The highest BCUT2D eigenvalue weighted by Crippen LogP contribution is 2.34. The molecule has 0 spiro atoms. The molecule has 228 valence electrons. The summed E-state index contributed by atoms with van der Waals surface area (Å²) >= 11 is 0. The lowest BCUT2D eigenvalue weighted by Gasteiger charge is -2.48. The number of fused-ring (bicyclic) bond motifs is 8. The second-order valence-corrected chi connectivity index (χ2v) is 12.5. The van der Waals surface area contributed by atoms with Crippen LogP contribution in [0.5, 0.6) is 11.5 Å². The molecule has 8 bridgehead atoms. The number of nitrogens with zero attached hydrogens (tertiary/aromatic N) is 6. The first-order valence-corrected chi connectivity index (χ1v) is 13.9. The number of ether oxygens (including phenoxy) is 2. The third-order valence-electron chi connectivity index (χ3n) is 7.53. The minimum atomic E-state index is -2.69. The van der Waals surface area contributed by atoms with E-state index < -0.39 is 49.1 Å². The molecule has 2 saturated heterocycles. The van der Waals surface area contributed by atoms with E-state index in [1.807, 2.05) is 41.5 Å². The first kappa shape index (κ1) is 21.2. The Labute approximate surface area is 261 Å². The van der Waals surface area contributed by atoms with Gasteiger partial charge in [0.2, 0.25) is 0 Å². The van der Waals surface area contributed by atoms with E-state index in [0.717, 1.165) is 19.6 Å². The lowest BCUT2D eigenvalue weighted by atomic mass is 10.0. The highest BCUT2D eigenvalue weighted by atomic mass is 16.5. The summed E-state index contributed by atoms with van der Waals surface area (Å²) in [6.45, 7) is -0.724. The summed E-state index contributed by atoms with van der Waals surface area (Å²) in [6, 6.07) is 6.25. The molecule has 5 rings (SSSR count). The molecule has 4 amide bonds. The zero-order valence-corrected chi connectivity index (χ0v) is 25.6. The van der Waals surface area contributed by atoms with E-state index in [2.05, 4.69) is 0 Å². The summed E-state index contributed by atoms with van der Waals surface area (Å²) in [5.74, 6) is -0.515. The fourth-order valence-corrected chi connectivity index (χ4v) is 4.93. The molecule has 0 unspecified atom stereocenters. The second kappa shape index (κ2) is 11.3. The average molecular weight is 587 g/mol. The van der Waals surface area contributed by atoms with Gasteiger partial charge in [0.05, 0.1) is 77.8 Å². The molecule has 2 aromatic carbocycles. The molecule has 0 saturated carbocycles. The Morgan fingerprint density at radius 3 is 1.05 bits per heavy atom. The van der Waals surface area contributed by atoms with Gasteiger partial charge in [-0.05, 0) is 41.5 Å². The van der Waals surface area contributed by atoms with E-state index >= 15 is 0 Å². The van der Waals surface area contributed by atoms with Crippen molar-refractivity contribution in [2.45, 2.75) is 78.6 Å². The van der Waals surface area contributed by atoms with Crippen molar-refractivity contribution in [3.63, 3.8) is 0 Å². The standard InChI is InChI=1S/C32H46N6O4/c1-31(2,3)37-19-33-15-23-11-9-13-25(27(23)41-7)17-35-21-38(32(4,5)6)22-36(30(35)40)18-26-14-10-12-24(28(26)42-8)16-34(20-37)29(33)39/h9-14H,15-22H2,1-8H3/i15D2,16D2,17D2,18D2. The molecule has 10 nitrogen and oxygen atoms in total. The van der Waals surface area contributed by atoms with Gasteiger partial charge in [0.25, 0.3) is 0 Å². The van der Waals surface area contributed by atoms with E-state index in [-0.39, 0.29) is 60.4 Å². The van der Waals surface area contributed by atoms with Gasteiger partial charge in [0.1, 0.15) is 11.5 Å². The van der Waals surface area contributed by atoms with Crippen LogP contribution in [0.15, 0.2) is 36.4 Å². The number of amides is 4. The smallest absolute Gasteiger partial charge is 0.322 e. The molecule has 0 radical (unpaired) electrons. The van der Waals surface area contributed by atoms with Gasteiger partial charge in [-0.2, -0.15) is 0 Å². The van der Waals surface area contributed by atoms with Crippen LogP contribution < -0.4 is 9.47 Å². The molecule has 42 heavy (non-hydrogen) atoms. The zero-order valence-electron chi connectivity index (χ0n) is 33.6. The van der Waals surface area contributed by atoms with Crippen molar-refractivity contribution in [1.82, 2.24) is 29.4 Å². The lowest BCUT2D eigenvalue weighted by Crippen LogP contribution is -2.62. The van der Waals surface area contributed by atoms with Gasteiger partial charge in [-0.25, -0.2) is 9.59 Å². The van der Waals surface area contributed by atoms with E-state index in [0.29, 0.717) is 0 Å². The number of urea groups is 2. The van der Waals surface area contributed by atoms with Crippen molar-refractivity contribution in [1.29, 1.82) is 0 Å². The quantitative estimate of drug-likeness (QED) is 0.498. The highest BCUT2D eigenvalue weighted by Gasteiger charge is 2.38. The molecule has 0 N–H and O–H groups in total. The van der Waals surface area contributed by atoms with Crippen LogP contribution in [-0.4, -0.2) is 93.4 Å². The fourth-order valence-electron chi connectivity index (χ4n) is 4.93. The SMILES string of the molecule is [2H]C1([2H])c2cccc(c2OC)C([2H])([2H])N2CN(C(C)(C)C)CN(C2=O)C([2H])([2H])c2cccc(c2OC)C([2H])([2H])N2CN(C(C)(C)C)CN1C2=O. The summed E-state index contributed by atoms with van der Waals surface area (Å²) in [6.07, 6.45) is 0. The average Bonchev–Trinajstić information content (AvgIpc) is 3.02. The van der Waals surface area contributed by atoms with Crippen LogP contribution in [-0.2, 0) is 26.0 Å². The van der Waals surface area contributed by atoms with Crippen molar-refractivity contribution in [3.8, 4) is 11.5 Å². The molecule has 2 fully saturated rings. The Bertz CT molecular complexity index is 1460. The summed E-state index contributed by atoms with van der Waals surface area (Å²) in [5.41, 5.74) is -2.25. The maximum atomic E-state index is 14.4. The molecule has 10 heteroatoms. The zero-order chi connectivity index (χ0) is 37.6. The van der Waals surface area contributed by atoms with Crippen LogP contribution in [0.4, 0.5) is 9.59 Å². The Morgan fingerprint density at radius 2 is 0.833 bits per heavy atom.